The number of fused-ring (bicyclic) bond motifs is 1. The predicted molar refractivity (Wildman–Crippen MR) is 104 cm³/mol. The Bertz CT molecular complexity index is 1090. The molecule has 158 valence electrons. The Morgan fingerprint density at radius 3 is 2.53 bits per heavy atom. The second kappa shape index (κ2) is 8.48. The molecule has 0 spiro atoms. The average Bonchev–Trinajstić information content (AvgIpc) is 2.96. The van der Waals surface area contributed by atoms with Crippen molar-refractivity contribution in [3.05, 3.63) is 65.2 Å². The monoisotopic (exact) mass is 420 g/mol. The highest BCUT2D eigenvalue weighted by atomic mass is 19.4. The summed E-state index contributed by atoms with van der Waals surface area (Å²) in [5.74, 6) is -1.21. The maximum Gasteiger partial charge on any atom is 0.416 e. The lowest BCUT2D eigenvalue weighted by Crippen LogP contribution is -2.13. The van der Waals surface area contributed by atoms with Crippen LogP contribution in [0.3, 0.4) is 0 Å². The van der Waals surface area contributed by atoms with Crippen molar-refractivity contribution < 1.29 is 32.6 Å². The summed E-state index contributed by atoms with van der Waals surface area (Å²) in [5.41, 5.74) is 0.696. The van der Waals surface area contributed by atoms with Gasteiger partial charge in [0.25, 0.3) is 0 Å². The maximum atomic E-state index is 13.0. The lowest BCUT2D eigenvalue weighted by Gasteiger charge is -2.15. The van der Waals surface area contributed by atoms with Crippen LogP contribution in [-0.2, 0) is 40.2 Å². The lowest BCUT2D eigenvalue weighted by atomic mass is 10.1. The fraction of sp³-hybridized carbons (Fsp3) is 0.238. The van der Waals surface area contributed by atoms with Gasteiger partial charge in [-0.3, -0.25) is 14.2 Å². The van der Waals surface area contributed by atoms with Gasteiger partial charge in [0.1, 0.15) is 5.82 Å². The molecule has 0 saturated heterocycles. The molecule has 0 aliphatic heterocycles. The van der Waals surface area contributed by atoms with Gasteiger partial charge in [-0.15, -0.1) is 0 Å². The molecule has 0 unspecified atom stereocenters. The number of hydrogen-bond acceptors (Lipinski definition) is 4. The molecule has 0 aliphatic rings. The van der Waals surface area contributed by atoms with Crippen LogP contribution in [0.2, 0.25) is 0 Å². The predicted octanol–water partition coefficient (Wildman–Crippen LogP) is 4.42. The Kier molecular flexibility index (Phi) is 6.00. The molecule has 0 bridgehead atoms. The molecule has 0 saturated carbocycles. The molecule has 30 heavy (non-hydrogen) atoms. The summed E-state index contributed by atoms with van der Waals surface area (Å²) in [6.07, 6.45) is -4.77. The summed E-state index contributed by atoms with van der Waals surface area (Å²) in [7, 11) is 0. The first-order chi connectivity index (χ1) is 14.2. The van der Waals surface area contributed by atoms with Crippen LogP contribution in [-0.4, -0.2) is 21.6 Å². The number of aliphatic carboxylic acids is 1. The van der Waals surface area contributed by atoms with E-state index in [1.54, 1.807) is 28.8 Å². The summed E-state index contributed by atoms with van der Waals surface area (Å²) in [6, 6.07) is 11.9. The Hall–Kier alpha value is -3.49. The number of hydrogen-bond donors (Lipinski definition) is 2. The van der Waals surface area contributed by atoms with Crippen molar-refractivity contribution in [3.63, 3.8) is 0 Å². The van der Waals surface area contributed by atoms with Crippen molar-refractivity contribution in [2.24, 2.45) is 0 Å². The summed E-state index contributed by atoms with van der Waals surface area (Å²) in [6.45, 7) is 1.10. The zero-order chi connectivity index (χ0) is 21.9. The number of alkyl halides is 3. The van der Waals surface area contributed by atoms with E-state index in [1.807, 2.05) is 0 Å². The second-order valence-electron chi connectivity index (χ2n) is 6.66. The number of anilines is 1. The number of ether oxygens (including phenoxy) is 1. The van der Waals surface area contributed by atoms with Crippen molar-refractivity contribution >= 4 is 28.7 Å². The first-order valence-electron chi connectivity index (χ1n) is 9.02. The largest absolute Gasteiger partial charge is 0.481 e. The number of benzene rings is 2. The molecule has 0 atom stereocenters. The molecule has 0 aliphatic carbocycles. The highest BCUT2D eigenvalue weighted by Crippen LogP contribution is 2.32. The van der Waals surface area contributed by atoms with Crippen LogP contribution in [0.1, 0.15) is 23.6 Å². The molecule has 3 aromatic rings. The zero-order valence-corrected chi connectivity index (χ0v) is 16.0. The first-order valence-corrected chi connectivity index (χ1v) is 9.02. The maximum absolute atomic E-state index is 13.0. The van der Waals surface area contributed by atoms with Gasteiger partial charge in [0, 0.05) is 24.4 Å². The van der Waals surface area contributed by atoms with Crippen molar-refractivity contribution in [1.82, 2.24) is 4.57 Å². The third-order valence-corrected chi connectivity index (χ3v) is 4.51. The van der Waals surface area contributed by atoms with Gasteiger partial charge in [0.05, 0.1) is 17.5 Å². The molecule has 6 nitrogen and oxygen atoms in total. The van der Waals surface area contributed by atoms with Gasteiger partial charge < -0.3 is 15.2 Å². The fourth-order valence-electron chi connectivity index (χ4n) is 3.24. The van der Waals surface area contributed by atoms with E-state index in [1.165, 1.54) is 19.1 Å². The summed E-state index contributed by atoms with van der Waals surface area (Å²) in [5, 5.41) is 13.0. The van der Waals surface area contributed by atoms with E-state index in [9.17, 15) is 27.9 Å². The number of carbonyl (C=O) groups excluding carboxylic acids is 1. The summed E-state index contributed by atoms with van der Waals surface area (Å²) >= 11 is 0. The van der Waals surface area contributed by atoms with Gasteiger partial charge in [0.2, 0.25) is 0 Å². The normalized spacial score (nSPS) is 11.5. The number of nitrogens with one attached hydrogen (secondary N) is 1. The number of halogens is 3. The third kappa shape index (κ3) is 4.73. The molecule has 9 heteroatoms. The number of aromatic nitrogens is 1. The third-order valence-electron chi connectivity index (χ3n) is 4.51. The molecule has 0 amide bonds. The van der Waals surface area contributed by atoms with Crippen molar-refractivity contribution in [2.45, 2.75) is 32.8 Å². The van der Waals surface area contributed by atoms with Crippen LogP contribution in [0.25, 0.3) is 10.9 Å². The number of nitrogens with zero attached hydrogens (tertiary/aromatic N) is 1. The van der Waals surface area contributed by atoms with Crippen molar-refractivity contribution in [2.75, 3.05) is 5.32 Å². The van der Waals surface area contributed by atoms with E-state index in [4.69, 9.17) is 4.74 Å². The van der Waals surface area contributed by atoms with Crippen molar-refractivity contribution in [3.8, 4) is 0 Å². The van der Waals surface area contributed by atoms with Gasteiger partial charge in [-0.2, -0.15) is 13.2 Å². The molecule has 3 rings (SSSR count). The number of carboxylic acid groups (broad SMARTS) is 1. The van der Waals surface area contributed by atoms with Gasteiger partial charge in [-0.05, 0) is 23.8 Å². The van der Waals surface area contributed by atoms with Gasteiger partial charge in [-0.1, -0.05) is 30.3 Å². The minimum Gasteiger partial charge on any atom is -0.481 e. The Balaban J connectivity index is 2.01. The van der Waals surface area contributed by atoms with Gasteiger partial charge in [-0.25, -0.2) is 0 Å². The van der Waals surface area contributed by atoms with Gasteiger partial charge in [0.15, 0.2) is 6.73 Å². The smallest absolute Gasteiger partial charge is 0.416 e. The molecular weight excluding hydrogens is 401 g/mol. The lowest BCUT2D eigenvalue weighted by molar-refractivity contribution is -0.144. The zero-order valence-electron chi connectivity index (χ0n) is 16.0. The topological polar surface area (TPSA) is 80.6 Å². The van der Waals surface area contributed by atoms with Crippen LogP contribution >= 0.6 is 0 Å². The average molecular weight is 420 g/mol. The molecular formula is C21H19F3N2O4. The van der Waals surface area contributed by atoms with Crippen LogP contribution in [0.5, 0.6) is 0 Å². The standard InChI is InChI=1S/C21H19F3N2O4/c1-13(27)30-12-26-18-8-3-2-7-16(18)17(10-19(28)29)20(26)25-11-14-5-4-6-15(9-14)21(22,23)24/h2-9,25H,10-12H2,1H3,(H,28,29). The molecule has 0 radical (unpaired) electrons. The number of carboxylic acids is 1. The quantitative estimate of drug-likeness (QED) is 0.553. The van der Waals surface area contributed by atoms with E-state index in [-0.39, 0.29) is 19.7 Å². The van der Waals surface area contributed by atoms with E-state index in [0.717, 1.165) is 12.1 Å². The number of rotatable bonds is 7. The van der Waals surface area contributed by atoms with Crippen molar-refractivity contribution in [1.29, 1.82) is 0 Å². The minimum atomic E-state index is -4.46. The SMILES string of the molecule is CC(=O)OCn1c(NCc2cccc(C(F)(F)F)c2)c(CC(=O)O)c2ccccc21. The number of carbonyl (C=O) groups is 2. The second-order valence-corrected chi connectivity index (χ2v) is 6.66. The highest BCUT2D eigenvalue weighted by Gasteiger charge is 2.30. The molecule has 2 N–H and O–H groups in total. The summed E-state index contributed by atoms with van der Waals surface area (Å²) < 4.78 is 45.6. The Morgan fingerprint density at radius 1 is 1.13 bits per heavy atom. The van der Waals surface area contributed by atoms with Crippen LogP contribution in [0.4, 0.5) is 19.0 Å². The van der Waals surface area contributed by atoms with Gasteiger partial charge >= 0.3 is 18.1 Å². The number of para-hydroxylation sites is 1. The highest BCUT2D eigenvalue weighted by molar-refractivity contribution is 5.93. The minimum absolute atomic E-state index is 0.0208. The number of esters is 1. The summed E-state index contributed by atoms with van der Waals surface area (Å²) in [4.78, 5) is 22.7. The van der Waals surface area contributed by atoms with E-state index in [0.29, 0.717) is 27.8 Å². The molecule has 1 heterocycles. The van der Waals surface area contributed by atoms with Crippen LogP contribution in [0.15, 0.2) is 48.5 Å². The molecule has 0 fully saturated rings. The van der Waals surface area contributed by atoms with Crippen LogP contribution in [0, 0.1) is 0 Å². The Morgan fingerprint density at radius 2 is 1.87 bits per heavy atom. The van der Waals surface area contributed by atoms with E-state index >= 15 is 0 Å². The first kappa shape index (κ1) is 21.2. The van der Waals surface area contributed by atoms with E-state index in [2.05, 4.69) is 5.32 Å². The fourth-order valence-corrected chi connectivity index (χ4v) is 3.24. The Labute approximate surface area is 169 Å². The molecule has 2 aromatic carbocycles. The van der Waals surface area contributed by atoms with E-state index < -0.39 is 23.7 Å². The molecule has 1 aromatic heterocycles. The van der Waals surface area contributed by atoms with Crippen LogP contribution < -0.4 is 5.32 Å².